The molecule has 0 heterocycles. The normalized spacial score (nSPS) is 12.5. The molecule has 82 valence electrons. The Morgan fingerprint density at radius 1 is 1.47 bits per heavy atom. The standard InChI is InChI=1S/C12H16O3/c1-9(2)12(14)8-15-11-5-3-4-10(6-11)7-13/h3-7,9,12,14H,8H2,1-2H3. The molecule has 0 fully saturated rings. The molecule has 15 heavy (non-hydrogen) atoms. The summed E-state index contributed by atoms with van der Waals surface area (Å²) in [5, 5.41) is 9.52. The Morgan fingerprint density at radius 2 is 2.20 bits per heavy atom. The molecule has 0 aliphatic carbocycles. The van der Waals surface area contributed by atoms with E-state index in [9.17, 15) is 9.90 Å². The van der Waals surface area contributed by atoms with Crippen LogP contribution in [0.4, 0.5) is 0 Å². The summed E-state index contributed by atoms with van der Waals surface area (Å²) in [5.74, 6) is 0.776. The van der Waals surface area contributed by atoms with Crippen LogP contribution < -0.4 is 4.74 Å². The van der Waals surface area contributed by atoms with Crippen molar-refractivity contribution in [2.75, 3.05) is 6.61 Å². The lowest BCUT2D eigenvalue weighted by atomic mass is 10.1. The van der Waals surface area contributed by atoms with Gasteiger partial charge in [0, 0.05) is 5.56 Å². The third kappa shape index (κ3) is 3.72. The van der Waals surface area contributed by atoms with Crippen LogP contribution >= 0.6 is 0 Å². The van der Waals surface area contributed by atoms with E-state index in [1.807, 2.05) is 13.8 Å². The first-order valence-electron chi connectivity index (χ1n) is 4.99. The van der Waals surface area contributed by atoms with E-state index in [-0.39, 0.29) is 12.5 Å². The third-order valence-electron chi connectivity index (χ3n) is 2.18. The number of hydrogen-bond donors (Lipinski definition) is 1. The highest BCUT2D eigenvalue weighted by Crippen LogP contribution is 2.13. The minimum absolute atomic E-state index is 0.166. The van der Waals surface area contributed by atoms with Gasteiger partial charge in [-0.1, -0.05) is 26.0 Å². The summed E-state index contributed by atoms with van der Waals surface area (Å²) in [5.41, 5.74) is 0.575. The van der Waals surface area contributed by atoms with Gasteiger partial charge in [0.05, 0.1) is 6.10 Å². The molecule has 3 heteroatoms. The van der Waals surface area contributed by atoms with Crippen molar-refractivity contribution in [2.45, 2.75) is 20.0 Å². The van der Waals surface area contributed by atoms with Crippen LogP contribution in [0, 0.1) is 5.92 Å². The predicted octanol–water partition coefficient (Wildman–Crippen LogP) is 1.89. The molecule has 0 bridgehead atoms. The zero-order valence-electron chi connectivity index (χ0n) is 9.01. The Morgan fingerprint density at radius 3 is 2.80 bits per heavy atom. The average molecular weight is 208 g/mol. The molecular weight excluding hydrogens is 192 g/mol. The van der Waals surface area contributed by atoms with Gasteiger partial charge in [-0.25, -0.2) is 0 Å². The van der Waals surface area contributed by atoms with Gasteiger partial charge in [-0.05, 0) is 18.1 Å². The van der Waals surface area contributed by atoms with Crippen molar-refractivity contribution in [3.05, 3.63) is 29.8 Å². The lowest BCUT2D eigenvalue weighted by Gasteiger charge is -2.15. The number of ether oxygens (including phenoxy) is 1. The first-order valence-corrected chi connectivity index (χ1v) is 4.99. The van der Waals surface area contributed by atoms with Crippen molar-refractivity contribution in [2.24, 2.45) is 5.92 Å². The number of carbonyl (C=O) groups is 1. The molecule has 1 aromatic carbocycles. The fourth-order valence-corrected chi connectivity index (χ4v) is 1.05. The van der Waals surface area contributed by atoms with Crippen LogP contribution in [0.3, 0.4) is 0 Å². The van der Waals surface area contributed by atoms with Gasteiger partial charge < -0.3 is 9.84 Å². The van der Waals surface area contributed by atoms with E-state index in [1.165, 1.54) is 0 Å². The van der Waals surface area contributed by atoms with Crippen LogP contribution in [-0.4, -0.2) is 24.1 Å². The first-order chi connectivity index (χ1) is 7.13. The van der Waals surface area contributed by atoms with Gasteiger partial charge in [-0.2, -0.15) is 0 Å². The Kier molecular flexibility index (Phi) is 4.31. The SMILES string of the molecule is CC(C)C(O)COc1cccc(C=O)c1. The van der Waals surface area contributed by atoms with E-state index < -0.39 is 6.10 Å². The molecule has 0 saturated heterocycles. The lowest BCUT2D eigenvalue weighted by molar-refractivity contribution is 0.0701. The van der Waals surface area contributed by atoms with Crippen LogP contribution in [0.2, 0.25) is 0 Å². The molecule has 1 rings (SSSR count). The summed E-state index contributed by atoms with van der Waals surface area (Å²) in [4.78, 5) is 10.5. The Balaban J connectivity index is 2.53. The molecule has 0 radical (unpaired) electrons. The van der Waals surface area contributed by atoms with E-state index in [4.69, 9.17) is 4.74 Å². The van der Waals surface area contributed by atoms with Crippen molar-refractivity contribution in [1.29, 1.82) is 0 Å². The molecule has 1 atom stereocenters. The number of aliphatic hydroxyl groups excluding tert-OH is 1. The van der Waals surface area contributed by atoms with Gasteiger partial charge in [0.25, 0.3) is 0 Å². The molecule has 1 unspecified atom stereocenters. The van der Waals surface area contributed by atoms with Crippen LogP contribution in [0.5, 0.6) is 5.75 Å². The van der Waals surface area contributed by atoms with E-state index in [1.54, 1.807) is 24.3 Å². The second-order valence-electron chi connectivity index (χ2n) is 3.81. The zero-order valence-corrected chi connectivity index (χ0v) is 9.01. The maximum atomic E-state index is 10.5. The molecule has 0 aliphatic heterocycles. The first kappa shape index (κ1) is 11.7. The molecular formula is C12H16O3. The smallest absolute Gasteiger partial charge is 0.150 e. The second kappa shape index (κ2) is 5.51. The predicted molar refractivity (Wildman–Crippen MR) is 58.2 cm³/mol. The number of carbonyl (C=O) groups excluding carboxylic acids is 1. The summed E-state index contributed by atoms with van der Waals surface area (Å²) < 4.78 is 5.36. The third-order valence-corrected chi connectivity index (χ3v) is 2.18. The lowest BCUT2D eigenvalue weighted by Crippen LogP contribution is -2.23. The summed E-state index contributed by atoms with van der Waals surface area (Å²) in [6, 6.07) is 6.87. The van der Waals surface area contributed by atoms with E-state index in [0.717, 1.165) is 6.29 Å². The highest BCUT2D eigenvalue weighted by atomic mass is 16.5. The Bertz CT molecular complexity index is 320. The molecule has 0 saturated carbocycles. The maximum absolute atomic E-state index is 10.5. The number of hydrogen-bond acceptors (Lipinski definition) is 3. The quantitative estimate of drug-likeness (QED) is 0.752. The minimum Gasteiger partial charge on any atom is -0.491 e. The zero-order chi connectivity index (χ0) is 11.3. The van der Waals surface area contributed by atoms with Gasteiger partial charge in [-0.3, -0.25) is 4.79 Å². The van der Waals surface area contributed by atoms with Crippen molar-refractivity contribution < 1.29 is 14.6 Å². The molecule has 0 spiro atoms. The van der Waals surface area contributed by atoms with E-state index >= 15 is 0 Å². The second-order valence-corrected chi connectivity index (χ2v) is 3.81. The number of aliphatic hydroxyl groups is 1. The fraction of sp³-hybridized carbons (Fsp3) is 0.417. The largest absolute Gasteiger partial charge is 0.491 e. The molecule has 3 nitrogen and oxygen atoms in total. The van der Waals surface area contributed by atoms with Crippen LogP contribution in [0.25, 0.3) is 0 Å². The molecule has 1 N–H and O–H groups in total. The van der Waals surface area contributed by atoms with Gasteiger partial charge in [0.1, 0.15) is 18.6 Å². The van der Waals surface area contributed by atoms with Crippen LogP contribution in [-0.2, 0) is 0 Å². The topological polar surface area (TPSA) is 46.5 Å². The number of benzene rings is 1. The summed E-state index contributed by atoms with van der Waals surface area (Å²) in [6.45, 7) is 4.10. The summed E-state index contributed by atoms with van der Waals surface area (Å²) >= 11 is 0. The molecule has 0 aromatic heterocycles. The van der Waals surface area contributed by atoms with Crippen LogP contribution in [0.15, 0.2) is 24.3 Å². The summed E-state index contributed by atoms with van der Waals surface area (Å²) in [6.07, 6.45) is 0.288. The molecule has 0 amide bonds. The van der Waals surface area contributed by atoms with Crippen LogP contribution in [0.1, 0.15) is 24.2 Å². The average Bonchev–Trinajstić information content (AvgIpc) is 2.26. The molecule has 1 aromatic rings. The fourth-order valence-electron chi connectivity index (χ4n) is 1.05. The van der Waals surface area contributed by atoms with Crippen molar-refractivity contribution in [3.8, 4) is 5.75 Å². The van der Waals surface area contributed by atoms with Gasteiger partial charge in [0.15, 0.2) is 0 Å². The van der Waals surface area contributed by atoms with E-state index in [0.29, 0.717) is 11.3 Å². The van der Waals surface area contributed by atoms with Crippen molar-refractivity contribution in [1.82, 2.24) is 0 Å². The number of rotatable bonds is 5. The van der Waals surface area contributed by atoms with Gasteiger partial charge in [0.2, 0.25) is 0 Å². The highest BCUT2D eigenvalue weighted by molar-refractivity contribution is 5.75. The Labute approximate surface area is 89.7 Å². The van der Waals surface area contributed by atoms with Gasteiger partial charge in [-0.15, -0.1) is 0 Å². The molecule has 0 aliphatic rings. The maximum Gasteiger partial charge on any atom is 0.150 e. The monoisotopic (exact) mass is 208 g/mol. The highest BCUT2D eigenvalue weighted by Gasteiger charge is 2.09. The van der Waals surface area contributed by atoms with Crippen molar-refractivity contribution in [3.63, 3.8) is 0 Å². The summed E-state index contributed by atoms with van der Waals surface area (Å²) in [7, 11) is 0. The van der Waals surface area contributed by atoms with Crippen molar-refractivity contribution >= 4 is 6.29 Å². The Hall–Kier alpha value is -1.35. The minimum atomic E-state index is -0.482. The van der Waals surface area contributed by atoms with E-state index in [2.05, 4.69) is 0 Å². The van der Waals surface area contributed by atoms with Gasteiger partial charge >= 0.3 is 0 Å². The number of aldehydes is 1.